The number of carbonyl (C=O) groups excluding carboxylic acids is 1. The van der Waals surface area contributed by atoms with Crippen molar-refractivity contribution in [3.8, 4) is 0 Å². The number of rotatable bonds is 2. The average molecular weight is 268 g/mol. The molecular formula is C19H24O. The highest BCUT2D eigenvalue weighted by molar-refractivity contribution is 6.00. The lowest BCUT2D eigenvalue weighted by atomic mass is 9.72. The maximum atomic E-state index is 12.4. The fourth-order valence-corrected chi connectivity index (χ4v) is 3.86. The molecule has 1 heteroatoms. The molecule has 1 unspecified atom stereocenters. The smallest absolute Gasteiger partial charge is 0.159 e. The Morgan fingerprint density at radius 1 is 0.900 bits per heavy atom. The van der Waals surface area contributed by atoms with E-state index in [1.165, 1.54) is 38.5 Å². The molecule has 0 bridgehead atoms. The van der Waals surface area contributed by atoms with E-state index in [-0.39, 0.29) is 0 Å². The molecule has 0 heterocycles. The summed E-state index contributed by atoms with van der Waals surface area (Å²) in [6.07, 6.45) is 12.0. The summed E-state index contributed by atoms with van der Waals surface area (Å²) in [4.78, 5) is 12.4. The standard InChI is InChI=1S/C19H24O/c20-19-14-17(16-9-5-2-6-10-16)11-12-18(19)13-15-7-3-1-4-8-15/h1,3-4,7-8,13,16-17H,2,5-6,9-12,14H2. The molecule has 3 rings (SSSR count). The Morgan fingerprint density at radius 2 is 1.65 bits per heavy atom. The number of ketones is 1. The average Bonchev–Trinajstić information content (AvgIpc) is 2.51. The van der Waals surface area contributed by atoms with Crippen LogP contribution in [0.3, 0.4) is 0 Å². The fraction of sp³-hybridized carbons (Fsp3) is 0.526. The lowest BCUT2D eigenvalue weighted by molar-refractivity contribution is -0.118. The maximum Gasteiger partial charge on any atom is 0.159 e. The first kappa shape index (κ1) is 13.6. The van der Waals surface area contributed by atoms with Crippen LogP contribution in [0.4, 0.5) is 0 Å². The third-order valence-corrected chi connectivity index (χ3v) is 5.05. The molecule has 20 heavy (non-hydrogen) atoms. The molecule has 0 radical (unpaired) electrons. The summed E-state index contributed by atoms with van der Waals surface area (Å²) in [6, 6.07) is 10.2. The summed E-state index contributed by atoms with van der Waals surface area (Å²) in [5.41, 5.74) is 2.20. The second-order valence-electron chi connectivity index (χ2n) is 6.40. The topological polar surface area (TPSA) is 17.1 Å². The Labute approximate surface area is 122 Å². The van der Waals surface area contributed by atoms with Gasteiger partial charge in [0, 0.05) is 6.42 Å². The van der Waals surface area contributed by atoms with Gasteiger partial charge in [-0.3, -0.25) is 4.79 Å². The minimum atomic E-state index is 0.399. The van der Waals surface area contributed by atoms with E-state index in [4.69, 9.17) is 0 Å². The molecule has 2 fully saturated rings. The van der Waals surface area contributed by atoms with E-state index in [1.54, 1.807) is 0 Å². The third kappa shape index (κ3) is 3.20. The first-order valence-electron chi connectivity index (χ1n) is 8.12. The molecule has 2 aliphatic carbocycles. The second-order valence-corrected chi connectivity index (χ2v) is 6.40. The van der Waals surface area contributed by atoms with Crippen LogP contribution in [-0.4, -0.2) is 5.78 Å². The molecule has 1 atom stereocenters. The predicted molar refractivity (Wildman–Crippen MR) is 83.3 cm³/mol. The summed E-state index contributed by atoms with van der Waals surface area (Å²) < 4.78 is 0. The maximum absolute atomic E-state index is 12.4. The second kappa shape index (κ2) is 6.39. The molecule has 1 aromatic rings. The van der Waals surface area contributed by atoms with Crippen molar-refractivity contribution in [2.75, 3.05) is 0 Å². The van der Waals surface area contributed by atoms with Crippen molar-refractivity contribution in [1.82, 2.24) is 0 Å². The Morgan fingerprint density at radius 3 is 2.35 bits per heavy atom. The van der Waals surface area contributed by atoms with Gasteiger partial charge in [-0.2, -0.15) is 0 Å². The van der Waals surface area contributed by atoms with Gasteiger partial charge in [-0.15, -0.1) is 0 Å². The molecule has 0 aliphatic heterocycles. The quantitative estimate of drug-likeness (QED) is 0.688. The molecule has 0 saturated heterocycles. The molecule has 106 valence electrons. The summed E-state index contributed by atoms with van der Waals surface area (Å²) in [5.74, 6) is 1.89. The summed E-state index contributed by atoms with van der Waals surface area (Å²) in [7, 11) is 0. The van der Waals surface area contributed by atoms with Gasteiger partial charge in [0.1, 0.15) is 0 Å². The van der Waals surface area contributed by atoms with Gasteiger partial charge in [0.05, 0.1) is 0 Å². The fourth-order valence-electron chi connectivity index (χ4n) is 3.86. The van der Waals surface area contributed by atoms with Gasteiger partial charge < -0.3 is 0 Å². The molecule has 1 aromatic carbocycles. The van der Waals surface area contributed by atoms with Gasteiger partial charge in [0.2, 0.25) is 0 Å². The van der Waals surface area contributed by atoms with Gasteiger partial charge in [-0.25, -0.2) is 0 Å². The minimum Gasteiger partial charge on any atom is -0.295 e. The molecule has 0 N–H and O–H groups in total. The molecule has 0 amide bonds. The third-order valence-electron chi connectivity index (χ3n) is 5.05. The van der Waals surface area contributed by atoms with Gasteiger partial charge in [0.15, 0.2) is 5.78 Å². The van der Waals surface area contributed by atoms with E-state index in [9.17, 15) is 4.79 Å². The number of benzene rings is 1. The molecule has 2 saturated carbocycles. The van der Waals surface area contributed by atoms with Crippen molar-refractivity contribution >= 4 is 11.9 Å². The van der Waals surface area contributed by atoms with E-state index in [2.05, 4.69) is 18.2 Å². The SMILES string of the molecule is O=C1CC(C2CCCCC2)CCC1=Cc1ccccc1. The zero-order valence-corrected chi connectivity index (χ0v) is 12.2. The number of hydrogen-bond donors (Lipinski definition) is 0. The van der Waals surface area contributed by atoms with Crippen LogP contribution in [0.15, 0.2) is 35.9 Å². The predicted octanol–water partition coefficient (Wildman–Crippen LogP) is 5.02. The summed E-state index contributed by atoms with van der Waals surface area (Å²) >= 11 is 0. The zero-order chi connectivity index (χ0) is 13.8. The monoisotopic (exact) mass is 268 g/mol. The van der Waals surface area contributed by atoms with Crippen molar-refractivity contribution < 1.29 is 4.79 Å². The van der Waals surface area contributed by atoms with Crippen LogP contribution in [0, 0.1) is 11.8 Å². The number of hydrogen-bond acceptors (Lipinski definition) is 1. The van der Waals surface area contributed by atoms with Crippen LogP contribution in [0.25, 0.3) is 6.08 Å². The Bertz CT molecular complexity index is 480. The van der Waals surface area contributed by atoms with Crippen LogP contribution >= 0.6 is 0 Å². The molecule has 2 aliphatic rings. The number of carbonyl (C=O) groups is 1. The van der Waals surface area contributed by atoms with Gasteiger partial charge >= 0.3 is 0 Å². The van der Waals surface area contributed by atoms with Gasteiger partial charge in [0.25, 0.3) is 0 Å². The number of Topliss-reactive ketones (excluding diaryl/α,β-unsaturated/α-hetero) is 1. The Kier molecular flexibility index (Phi) is 4.34. The summed E-state index contributed by atoms with van der Waals surface area (Å²) in [6.45, 7) is 0. The largest absolute Gasteiger partial charge is 0.295 e. The van der Waals surface area contributed by atoms with E-state index >= 15 is 0 Å². The molecular weight excluding hydrogens is 244 g/mol. The van der Waals surface area contributed by atoms with Crippen LogP contribution in [0.5, 0.6) is 0 Å². The lowest BCUT2D eigenvalue weighted by Crippen LogP contribution is -2.25. The lowest BCUT2D eigenvalue weighted by Gasteiger charge is -2.33. The Balaban J connectivity index is 1.65. The highest BCUT2D eigenvalue weighted by atomic mass is 16.1. The normalized spacial score (nSPS) is 26.9. The van der Waals surface area contributed by atoms with Crippen LogP contribution < -0.4 is 0 Å². The first-order chi connectivity index (χ1) is 9.83. The van der Waals surface area contributed by atoms with Crippen LogP contribution in [0.1, 0.15) is 56.9 Å². The van der Waals surface area contributed by atoms with E-state index in [0.29, 0.717) is 11.7 Å². The van der Waals surface area contributed by atoms with Crippen molar-refractivity contribution in [2.45, 2.75) is 51.4 Å². The van der Waals surface area contributed by atoms with E-state index in [1.807, 2.05) is 18.2 Å². The van der Waals surface area contributed by atoms with Crippen molar-refractivity contribution in [3.63, 3.8) is 0 Å². The zero-order valence-electron chi connectivity index (χ0n) is 12.2. The van der Waals surface area contributed by atoms with Crippen LogP contribution in [-0.2, 0) is 4.79 Å². The molecule has 0 aromatic heterocycles. The van der Waals surface area contributed by atoms with Crippen molar-refractivity contribution in [1.29, 1.82) is 0 Å². The van der Waals surface area contributed by atoms with E-state index < -0.39 is 0 Å². The molecule has 0 spiro atoms. The Hall–Kier alpha value is -1.37. The van der Waals surface area contributed by atoms with Crippen LogP contribution in [0.2, 0.25) is 0 Å². The minimum absolute atomic E-state index is 0.399. The van der Waals surface area contributed by atoms with Gasteiger partial charge in [-0.1, -0.05) is 62.4 Å². The first-order valence-corrected chi connectivity index (χ1v) is 8.12. The van der Waals surface area contributed by atoms with Crippen molar-refractivity contribution in [3.05, 3.63) is 41.5 Å². The highest BCUT2D eigenvalue weighted by Crippen LogP contribution is 2.38. The molecule has 1 nitrogen and oxygen atoms in total. The van der Waals surface area contributed by atoms with E-state index in [0.717, 1.165) is 29.9 Å². The highest BCUT2D eigenvalue weighted by Gasteiger charge is 2.30. The number of allylic oxidation sites excluding steroid dienone is 1. The summed E-state index contributed by atoms with van der Waals surface area (Å²) in [5, 5.41) is 0. The van der Waals surface area contributed by atoms with Crippen molar-refractivity contribution in [2.24, 2.45) is 11.8 Å². The van der Waals surface area contributed by atoms with Gasteiger partial charge in [-0.05, 0) is 41.9 Å².